The average molecular weight is 603 g/mol. The van der Waals surface area contributed by atoms with Crippen LogP contribution in [0.5, 0.6) is 5.75 Å². The Hall–Kier alpha value is -4.00. The molecular weight excluding hydrogens is 575 g/mol. The van der Waals surface area contributed by atoms with Gasteiger partial charge in [0.05, 0.1) is 16.1 Å². The summed E-state index contributed by atoms with van der Waals surface area (Å²) in [7, 11) is -4.09. The first-order valence-electron chi connectivity index (χ1n) is 12.7. The highest BCUT2D eigenvalue weighted by Crippen LogP contribution is 2.36. The summed E-state index contributed by atoms with van der Waals surface area (Å²) in [6.45, 7) is 0.330. The number of carbonyl (C=O) groups excluding carboxylic acids is 1. The van der Waals surface area contributed by atoms with Gasteiger partial charge in [0.2, 0.25) is 15.9 Å². The maximum Gasteiger partial charge on any atom is 0.378 e. The number of hydrogen-bond donors (Lipinski definition) is 4. The third-order valence-electron chi connectivity index (χ3n) is 6.27. The van der Waals surface area contributed by atoms with Crippen LogP contribution in [0.3, 0.4) is 0 Å². The lowest BCUT2D eigenvalue weighted by Crippen LogP contribution is -2.48. The average Bonchev–Trinajstić information content (AvgIpc) is 3.45. The van der Waals surface area contributed by atoms with Crippen molar-refractivity contribution in [2.24, 2.45) is 0 Å². The molecule has 4 rings (SSSR count). The maximum absolute atomic E-state index is 13.8. The number of nitrogens with zero attached hydrogens (tertiary/aromatic N) is 1. The first-order chi connectivity index (χ1) is 19.7. The van der Waals surface area contributed by atoms with Crippen molar-refractivity contribution in [2.75, 3.05) is 6.54 Å². The molecular formula is C28H28ClFN4O6S. The number of benzene rings is 3. The highest BCUT2D eigenvalue weighted by Gasteiger charge is 2.28. The molecule has 10 nitrogen and oxygen atoms in total. The van der Waals surface area contributed by atoms with Gasteiger partial charge in [-0.15, -0.1) is 0 Å². The molecule has 0 fully saturated rings. The van der Waals surface area contributed by atoms with E-state index in [9.17, 15) is 22.4 Å². The second-order valence-corrected chi connectivity index (χ2v) is 11.3. The van der Waals surface area contributed by atoms with Crippen molar-refractivity contribution in [3.05, 3.63) is 89.1 Å². The number of aryl methyl sites for hydroxylation is 1. The molecule has 2 unspecified atom stereocenters. The number of carboxylic acids is 1. The van der Waals surface area contributed by atoms with Crippen LogP contribution in [0.4, 0.5) is 4.39 Å². The fourth-order valence-electron chi connectivity index (χ4n) is 4.25. The second kappa shape index (κ2) is 13.6. The van der Waals surface area contributed by atoms with Crippen molar-refractivity contribution in [3.8, 4) is 5.75 Å². The van der Waals surface area contributed by atoms with E-state index in [2.05, 4.69) is 20.2 Å². The SMILES string of the molecule is O=C(NCCCCc1ccccc1)C(Cc1cc(Cl)c(OC(F)C(=O)O)c2[nH]ncc12)NS(=O)(=O)c1ccccc1. The zero-order valence-electron chi connectivity index (χ0n) is 21.7. The molecule has 216 valence electrons. The lowest BCUT2D eigenvalue weighted by Gasteiger charge is -2.20. The maximum atomic E-state index is 13.8. The van der Waals surface area contributed by atoms with Gasteiger partial charge in [-0.25, -0.2) is 13.2 Å². The minimum Gasteiger partial charge on any atom is -0.476 e. The molecule has 3 aromatic carbocycles. The molecule has 4 aromatic rings. The molecule has 41 heavy (non-hydrogen) atoms. The number of ether oxygens (including phenoxy) is 1. The predicted molar refractivity (Wildman–Crippen MR) is 151 cm³/mol. The minimum absolute atomic E-state index is 0.0152. The number of aliphatic carboxylic acids is 1. The monoisotopic (exact) mass is 602 g/mol. The van der Waals surface area contributed by atoms with E-state index < -0.39 is 34.3 Å². The summed E-state index contributed by atoms with van der Waals surface area (Å²) in [5.74, 6) is -2.66. The number of aromatic nitrogens is 2. The number of sulfonamides is 1. The van der Waals surface area contributed by atoms with E-state index in [4.69, 9.17) is 21.4 Å². The van der Waals surface area contributed by atoms with Gasteiger partial charge in [-0.05, 0) is 55.0 Å². The Kier molecular flexibility index (Phi) is 9.92. The summed E-state index contributed by atoms with van der Waals surface area (Å²) in [5.41, 5.74) is 1.68. The van der Waals surface area contributed by atoms with Gasteiger partial charge >= 0.3 is 12.3 Å². The Balaban J connectivity index is 1.54. The minimum atomic E-state index is -4.09. The number of hydrogen-bond acceptors (Lipinski definition) is 6. The molecule has 0 radical (unpaired) electrons. The standard InChI is InChI=1S/C28H28ClFN4O6S/c29-22-15-19(21-17-32-33-24(21)25(22)40-26(30)28(36)37)16-23(34-41(38,39)20-12-5-2-6-13-20)27(35)31-14-8-7-11-18-9-3-1-4-10-18/h1-6,9-10,12-13,15,17,23,26,34H,7-8,11,14,16H2,(H,31,35)(H,32,33)(H,36,37). The third-order valence-corrected chi connectivity index (χ3v) is 8.04. The van der Waals surface area contributed by atoms with E-state index in [-0.39, 0.29) is 27.6 Å². The molecule has 0 bridgehead atoms. The van der Waals surface area contributed by atoms with Gasteiger partial charge in [0.15, 0.2) is 5.75 Å². The largest absolute Gasteiger partial charge is 0.476 e. The van der Waals surface area contributed by atoms with E-state index >= 15 is 0 Å². The van der Waals surface area contributed by atoms with Crippen molar-refractivity contribution in [3.63, 3.8) is 0 Å². The first kappa shape index (κ1) is 30.0. The number of fused-ring (bicyclic) bond motifs is 1. The Morgan fingerprint density at radius 3 is 2.44 bits per heavy atom. The molecule has 0 saturated heterocycles. The number of H-pyrrole nitrogens is 1. The molecule has 1 aromatic heterocycles. The number of unbranched alkanes of at least 4 members (excludes halogenated alkanes) is 1. The van der Waals surface area contributed by atoms with Crippen LogP contribution in [0, 0.1) is 0 Å². The zero-order valence-corrected chi connectivity index (χ0v) is 23.3. The van der Waals surface area contributed by atoms with Crippen molar-refractivity contribution in [1.29, 1.82) is 0 Å². The summed E-state index contributed by atoms with van der Waals surface area (Å²) >= 11 is 6.30. The van der Waals surface area contributed by atoms with Crippen molar-refractivity contribution in [2.45, 2.75) is 43.0 Å². The Morgan fingerprint density at radius 2 is 1.76 bits per heavy atom. The number of halogens is 2. The van der Waals surface area contributed by atoms with Crippen LogP contribution < -0.4 is 14.8 Å². The summed E-state index contributed by atoms with van der Waals surface area (Å²) < 4.78 is 47.4. The molecule has 0 aliphatic carbocycles. The quantitative estimate of drug-likeness (QED) is 0.159. The number of carbonyl (C=O) groups is 2. The predicted octanol–water partition coefficient (Wildman–Crippen LogP) is 4.00. The van der Waals surface area contributed by atoms with Gasteiger partial charge in [0.1, 0.15) is 11.6 Å². The molecule has 2 atom stereocenters. The number of alkyl halides is 1. The normalized spacial score (nSPS) is 13.0. The number of carboxylic acid groups (broad SMARTS) is 1. The molecule has 1 heterocycles. The number of aromatic amines is 1. The van der Waals surface area contributed by atoms with E-state index in [0.29, 0.717) is 23.9 Å². The van der Waals surface area contributed by atoms with Gasteiger partial charge < -0.3 is 15.2 Å². The summed E-state index contributed by atoms with van der Waals surface area (Å²) in [5, 5.41) is 18.4. The van der Waals surface area contributed by atoms with Crippen LogP contribution in [-0.4, -0.2) is 54.5 Å². The molecule has 0 spiro atoms. The fraction of sp³-hybridized carbons (Fsp3) is 0.250. The van der Waals surface area contributed by atoms with Crippen LogP contribution in [-0.2, 0) is 32.5 Å². The van der Waals surface area contributed by atoms with Crippen LogP contribution in [0.15, 0.2) is 77.8 Å². The van der Waals surface area contributed by atoms with Crippen molar-refractivity contribution in [1.82, 2.24) is 20.2 Å². The van der Waals surface area contributed by atoms with E-state index in [1.807, 2.05) is 30.3 Å². The number of nitrogens with one attached hydrogen (secondary N) is 3. The van der Waals surface area contributed by atoms with E-state index in [0.717, 1.165) is 12.8 Å². The van der Waals surface area contributed by atoms with Gasteiger partial charge in [0.25, 0.3) is 0 Å². The Labute approximate surface area is 240 Å². The summed E-state index contributed by atoms with van der Waals surface area (Å²) in [4.78, 5) is 24.2. The van der Waals surface area contributed by atoms with Crippen LogP contribution in [0.2, 0.25) is 5.02 Å². The Bertz CT molecular complexity index is 1600. The highest BCUT2D eigenvalue weighted by molar-refractivity contribution is 7.89. The smallest absolute Gasteiger partial charge is 0.378 e. The second-order valence-electron chi connectivity index (χ2n) is 9.20. The number of amides is 1. The fourth-order valence-corrected chi connectivity index (χ4v) is 5.74. The van der Waals surface area contributed by atoms with Gasteiger partial charge in [-0.3, -0.25) is 9.89 Å². The topological polar surface area (TPSA) is 150 Å². The van der Waals surface area contributed by atoms with Crippen molar-refractivity contribution < 1.29 is 32.2 Å². The van der Waals surface area contributed by atoms with Gasteiger partial charge in [-0.2, -0.15) is 14.2 Å². The third kappa shape index (κ3) is 7.81. The first-order valence-corrected chi connectivity index (χ1v) is 14.6. The molecule has 1 amide bonds. The zero-order chi connectivity index (χ0) is 29.4. The molecule has 13 heteroatoms. The van der Waals surface area contributed by atoms with E-state index in [1.54, 1.807) is 18.2 Å². The lowest BCUT2D eigenvalue weighted by atomic mass is 10.0. The molecule has 4 N–H and O–H groups in total. The highest BCUT2D eigenvalue weighted by atomic mass is 35.5. The van der Waals surface area contributed by atoms with Crippen LogP contribution in [0.25, 0.3) is 10.9 Å². The Morgan fingerprint density at radius 1 is 1.07 bits per heavy atom. The van der Waals surface area contributed by atoms with Gasteiger partial charge in [0, 0.05) is 11.9 Å². The molecule has 0 saturated carbocycles. The van der Waals surface area contributed by atoms with Crippen molar-refractivity contribution >= 4 is 44.4 Å². The number of rotatable bonds is 14. The molecule has 0 aliphatic heterocycles. The van der Waals surface area contributed by atoms with E-state index in [1.165, 1.54) is 30.0 Å². The summed E-state index contributed by atoms with van der Waals surface area (Å²) in [6.07, 6.45) is 0.887. The van der Waals surface area contributed by atoms with Gasteiger partial charge in [-0.1, -0.05) is 60.1 Å². The molecule has 0 aliphatic rings. The summed E-state index contributed by atoms with van der Waals surface area (Å²) in [6, 6.07) is 17.7. The lowest BCUT2D eigenvalue weighted by molar-refractivity contribution is -0.153. The van der Waals surface area contributed by atoms with Crippen LogP contribution in [0.1, 0.15) is 24.0 Å². The van der Waals surface area contributed by atoms with Crippen LogP contribution >= 0.6 is 11.6 Å².